The highest BCUT2D eigenvalue weighted by molar-refractivity contribution is 7.13. The summed E-state index contributed by atoms with van der Waals surface area (Å²) in [6, 6.07) is 14.1. The Morgan fingerprint density at radius 2 is 1.90 bits per heavy atom. The van der Waals surface area contributed by atoms with Gasteiger partial charge >= 0.3 is 0 Å². The Hall–Kier alpha value is -1.32. The van der Waals surface area contributed by atoms with Crippen molar-refractivity contribution in [2.45, 2.75) is 43.9 Å². The van der Waals surface area contributed by atoms with Crippen LogP contribution in [0, 0.1) is 0 Å². The summed E-state index contributed by atoms with van der Waals surface area (Å²) >= 11 is 1.78. The van der Waals surface area contributed by atoms with Crippen molar-refractivity contribution in [1.29, 1.82) is 0 Å². The van der Waals surface area contributed by atoms with Crippen molar-refractivity contribution in [2.75, 3.05) is 0 Å². The maximum atomic E-state index is 6.24. The van der Waals surface area contributed by atoms with Gasteiger partial charge in [-0.1, -0.05) is 18.2 Å². The van der Waals surface area contributed by atoms with Crippen molar-refractivity contribution < 1.29 is 4.74 Å². The zero-order chi connectivity index (χ0) is 13.4. The predicted octanol–water partition coefficient (Wildman–Crippen LogP) is 4.08. The summed E-state index contributed by atoms with van der Waals surface area (Å²) in [5.74, 6) is 1.02. The number of rotatable bonds is 3. The lowest BCUT2D eigenvalue weighted by Gasteiger charge is -2.29. The summed E-state index contributed by atoms with van der Waals surface area (Å²) in [4.78, 5) is 1.31. The highest BCUT2D eigenvalue weighted by atomic mass is 32.1. The van der Waals surface area contributed by atoms with Crippen LogP contribution in [0.1, 0.15) is 25.7 Å². The minimum Gasteiger partial charge on any atom is -0.490 e. The van der Waals surface area contributed by atoms with Crippen LogP contribution in [0.2, 0.25) is 0 Å². The third kappa shape index (κ3) is 2.48. The smallest absolute Gasteiger partial charge is 0.120 e. The van der Waals surface area contributed by atoms with Crippen molar-refractivity contribution in [2.24, 2.45) is 0 Å². The van der Waals surface area contributed by atoms with Gasteiger partial charge in [-0.15, -0.1) is 11.3 Å². The zero-order valence-corrected chi connectivity index (χ0v) is 12.2. The molecule has 1 aromatic carbocycles. The van der Waals surface area contributed by atoms with Gasteiger partial charge in [0, 0.05) is 17.0 Å². The number of nitrogens with one attached hydrogen (secondary N) is 1. The number of fused-ring (bicyclic) bond motifs is 2. The summed E-state index contributed by atoms with van der Waals surface area (Å²) in [5, 5.41) is 5.78. The summed E-state index contributed by atoms with van der Waals surface area (Å²) < 4.78 is 6.24. The van der Waals surface area contributed by atoms with E-state index in [-0.39, 0.29) is 0 Å². The van der Waals surface area contributed by atoms with Crippen LogP contribution in [0.4, 0.5) is 0 Å². The molecule has 0 radical (unpaired) electrons. The van der Waals surface area contributed by atoms with E-state index < -0.39 is 0 Å². The van der Waals surface area contributed by atoms with E-state index in [0.29, 0.717) is 18.2 Å². The monoisotopic (exact) mass is 285 g/mol. The number of piperidine rings is 1. The third-order valence-electron chi connectivity index (χ3n) is 4.37. The van der Waals surface area contributed by atoms with E-state index >= 15 is 0 Å². The molecule has 1 N–H and O–H groups in total. The minimum absolute atomic E-state index is 0.382. The van der Waals surface area contributed by atoms with Crippen molar-refractivity contribution in [3.05, 3.63) is 41.8 Å². The predicted molar refractivity (Wildman–Crippen MR) is 83.4 cm³/mol. The molecule has 4 rings (SSSR count). The Bertz CT molecular complexity index is 568. The fourth-order valence-electron chi connectivity index (χ4n) is 3.46. The topological polar surface area (TPSA) is 21.3 Å². The second kappa shape index (κ2) is 5.23. The Kier molecular flexibility index (Phi) is 3.25. The maximum Gasteiger partial charge on any atom is 0.120 e. The molecular weight excluding hydrogens is 266 g/mol. The number of hydrogen-bond acceptors (Lipinski definition) is 3. The number of hydrogen-bond donors (Lipinski definition) is 1. The summed E-state index contributed by atoms with van der Waals surface area (Å²) in [6.45, 7) is 0. The van der Waals surface area contributed by atoms with Crippen molar-refractivity contribution in [3.8, 4) is 16.2 Å². The summed E-state index contributed by atoms with van der Waals surface area (Å²) in [5.41, 5.74) is 1.26. The van der Waals surface area contributed by atoms with Gasteiger partial charge in [0.1, 0.15) is 11.9 Å². The van der Waals surface area contributed by atoms with Gasteiger partial charge in [-0.25, -0.2) is 0 Å². The molecule has 2 aromatic rings. The molecule has 104 valence electrons. The fourth-order valence-corrected chi connectivity index (χ4v) is 4.18. The third-order valence-corrected chi connectivity index (χ3v) is 5.29. The standard InChI is InChI=1S/C17H19NOS/c1-3-12(17-5-2-8-20-17)9-15(4-1)19-16-10-13-6-7-14(11-16)18-13/h1-5,8-9,13-14,16,18H,6-7,10-11H2/t13-,14+,16?. The SMILES string of the molecule is c1cc(OC2C[C@H]3CC[C@@H](C2)N3)cc(-c2cccs2)c1. The van der Waals surface area contributed by atoms with Crippen molar-refractivity contribution in [3.63, 3.8) is 0 Å². The molecule has 2 saturated heterocycles. The Labute approximate surface area is 123 Å². The lowest BCUT2D eigenvalue weighted by Crippen LogP contribution is -2.42. The van der Waals surface area contributed by atoms with Crippen LogP contribution in [0.3, 0.4) is 0 Å². The van der Waals surface area contributed by atoms with Gasteiger partial charge in [-0.3, -0.25) is 0 Å². The molecule has 0 spiro atoms. The number of ether oxygens (including phenoxy) is 1. The lowest BCUT2D eigenvalue weighted by atomic mass is 10.0. The first-order valence-electron chi connectivity index (χ1n) is 7.43. The van der Waals surface area contributed by atoms with E-state index in [1.807, 2.05) is 0 Å². The first-order valence-corrected chi connectivity index (χ1v) is 8.31. The molecular formula is C17H19NOS. The average Bonchev–Trinajstić information content (AvgIpc) is 3.09. The maximum absolute atomic E-state index is 6.24. The molecule has 0 aliphatic carbocycles. The molecule has 2 aliphatic rings. The van der Waals surface area contributed by atoms with Crippen LogP contribution in [-0.2, 0) is 0 Å². The normalized spacial score (nSPS) is 28.5. The molecule has 0 amide bonds. The van der Waals surface area contributed by atoms with Gasteiger partial charge in [0.25, 0.3) is 0 Å². The van der Waals surface area contributed by atoms with Gasteiger partial charge in [-0.2, -0.15) is 0 Å². The number of benzene rings is 1. The van der Waals surface area contributed by atoms with Gasteiger partial charge in [0.2, 0.25) is 0 Å². The molecule has 2 nitrogen and oxygen atoms in total. The van der Waals surface area contributed by atoms with Gasteiger partial charge < -0.3 is 10.1 Å². The highest BCUT2D eigenvalue weighted by Crippen LogP contribution is 2.32. The second-order valence-corrected chi connectivity index (χ2v) is 6.80. The minimum atomic E-state index is 0.382. The van der Waals surface area contributed by atoms with E-state index in [9.17, 15) is 0 Å². The van der Waals surface area contributed by atoms with E-state index in [1.165, 1.54) is 23.3 Å². The molecule has 20 heavy (non-hydrogen) atoms. The van der Waals surface area contributed by atoms with Crippen LogP contribution in [0.25, 0.3) is 10.4 Å². The van der Waals surface area contributed by atoms with E-state index in [4.69, 9.17) is 4.74 Å². The zero-order valence-electron chi connectivity index (χ0n) is 11.4. The molecule has 3 heterocycles. The molecule has 0 saturated carbocycles. The highest BCUT2D eigenvalue weighted by Gasteiger charge is 2.34. The summed E-state index contributed by atoms with van der Waals surface area (Å²) in [7, 11) is 0. The summed E-state index contributed by atoms with van der Waals surface area (Å²) in [6.07, 6.45) is 5.33. The van der Waals surface area contributed by atoms with E-state index in [0.717, 1.165) is 18.6 Å². The molecule has 3 atom stereocenters. The van der Waals surface area contributed by atoms with Crippen LogP contribution >= 0.6 is 11.3 Å². The van der Waals surface area contributed by atoms with Gasteiger partial charge in [0.15, 0.2) is 0 Å². The Morgan fingerprint density at radius 1 is 1.05 bits per heavy atom. The van der Waals surface area contributed by atoms with Gasteiger partial charge in [0.05, 0.1) is 0 Å². The van der Waals surface area contributed by atoms with Crippen molar-refractivity contribution >= 4 is 11.3 Å². The largest absolute Gasteiger partial charge is 0.490 e. The molecule has 2 fully saturated rings. The number of thiophene rings is 1. The quantitative estimate of drug-likeness (QED) is 0.917. The second-order valence-electron chi connectivity index (χ2n) is 5.85. The van der Waals surface area contributed by atoms with Crippen LogP contribution in [-0.4, -0.2) is 18.2 Å². The van der Waals surface area contributed by atoms with E-state index in [1.54, 1.807) is 11.3 Å². The lowest BCUT2D eigenvalue weighted by molar-refractivity contribution is 0.137. The molecule has 1 aromatic heterocycles. The Balaban J connectivity index is 1.50. The molecule has 1 unspecified atom stereocenters. The first-order chi connectivity index (χ1) is 9.87. The van der Waals surface area contributed by atoms with E-state index in [2.05, 4.69) is 47.1 Å². The van der Waals surface area contributed by atoms with Crippen molar-refractivity contribution in [1.82, 2.24) is 5.32 Å². The Morgan fingerprint density at radius 3 is 2.65 bits per heavy atom. The molecule has 3 heteroatoms. The molecule has 2 bridgehead atoms. The van der Waals surface area contributed by atoms with Crippen LogP contribution in [0.5, 0.6) is 5.75 Å². The van der Waals surface area contributed by atoms with Crippen LogP contribution < -0.4 is 10.1 Å². The van der Waals surface area contributed by atoms with Gasteiger partial charge in [-0.05, 0) is 54.8 Å². The molecule has 2 aliphatic heterocycles. The van der Waals surface area contributed by atoms with Crippen LogP contribution in [0.15, 0.2) is 41.8 Å². The fraction of sp³-hybridized carbons (Fsp3) is 0.412. The average molecular weight is 285 g/mol. The first kappa shape index (κ1) is 12.4.